The molecule has 2 rings (SSSR count). The molecule has 76 heavy (non-hydrogen) atoms. The molecule has 1 fully saturated rings. The number of likely N-dealkylation sites (tertiary alicyclic amines) is 1. The molecule has 16 heteroatoms. The Kier molecular flexibility index (Phi) is 40.0. The number of carbonyl (C=O) groups excluding carboxylic acids is 7. The van der Waals surface area contributed by atoms with E-state index < -0.39 is 42.1 Å². The van der Waals surface area contributed by atoms with Crippen LogP contribution in [0.4, 0.5) is 4.79 Å². The fourth-order valence-electron chi connectivity index (χ4n) is 9.44. The highest BCUT2D eigenvalue weighted by atomic mass is 16.6. The Balaban J connectivity index is 2.20. The number of rotatable bonds is 44. The quantitative estimate of drug-likeness (QED) is 0.0242. The van der Waals surface area contributed by atoms with Crippen molar-refractivity contribution in [1.29, 1.82) is 0 Å². The van der Waals surface area contributed by atoms with Crippen molar-refractivity contribution in [3.8, 4) is 0 Å². The van der Waals surface area contributed by atoms with Crippen molar-refractivity contribution in [2.45, 2.75) is 245 Å². The molecule has 1 unspecified atom stereocenters. The Morgan fingerprint density at radius 2 is 0.763 bits per heavy atom. The minimum atomic E-state index is -0.972. The molecule has 0 aliphatic carbocycles. The Bertz CT molecular complexity index is 1460. The second kappa shape index (κ2) is 44.7. The Morgan fingerprint density at radius 3 is 1.09 bits per heavy atom. The molecule has 2 aliphatic rings. The van der Waals surface area contributed by atoms with E-state index in [-0.39, 0.29) is 114 Å². The lowest BCUT2D eigenvalue weighted by atomic mass is 10.00. The monoisotopic (exact) mass is 1080 g/mol. The Morgan fingerprint density at radius 1 is 0.434 bits per heavy atom. The van der Waals surface area contributed by atoms with Crippen molar-refractivity contribution in [2.75, 3.05) is 66.3 Å². The van der Waals surface area contributed by atoms with Crippen LogP contribution in [-0.2, 0) is 61.9 Å². The van der Waals surface area contributed by atoms with Gasteiger partial charge in [0.2, 0.25) is 0 Å². The molecule has 0 radical (unpaired) electrons. The van der Waals surface area contributed by atoms with Crippen molar-refractivity contribution in [2.24, 2.45) is 17.8 Å². The summed E-state index contributed by atoms with van der Waals surface area (Å²) in [6.45, 7) is 9.80. The van der Waals surface area contributed by atoms with Crippen molar-refractivity contribution in [3.05, 3.63) is 12.2 Å². The first-order chi connectivity index (χ1) is 36.8. The number of unbranched alkanes of at least 4 members (excludes halogenated alkanes) is 20. The molecule has 3 atom stereocenters. The highest BCUT2D eigenvalue weighted by Crippen LogP contribution is 2.21. The van der Waals surface area contributed by atoms with Gasteiger partial charge in [-0.05, 0) is 64.3 Å². The molecule has 1 amide bonds. The van der Waals surface area contributed by atoms with Gasteiger partial charge in [0.15, 0.2) is 0 Å². The predicted octanol–water partition coefficient (Wildman–Crippen LogP) is 12.3. The van der Waals surface area contributed by atoms with E-state index >= 15 is 0 Å². The van der Waals surface area contributed by atoms with Gasteiger partial charge >= 0.3 is 41.9 Å². The van der Waals surface area contributed by atoms with Crippen LogP contribution in [0.5, 0.6) is 0 Å². The minimum Gasteiger partial charge on any atom is -0.465 e. The fourth-order valence-corrected chi connectivity index (χ4v) is 9.44. The van der Waals surface area contributed by atoms with Crippen molar-refractivity contribution >= 4 is 41.9 Å². The number of nitrogens with zero attached hydrogens (tertiary/aromatic N) is 2. The van der Waals surface area contributed by atoms with Crippen LogP contribution >= 0.6 is 0 Å². The molecule has 1 saturated heterocycles. The van der Waals surface area contributed by atoms with Crippen LogP contribution in [0.25, 0.3) is 0 Å². The van der Waals surface area contributed by atoms with Crippen LogP contribution in [0.2, 0.25) is 0 Å². The minimum absolute atomic E-state index is 0.101. The van der Waals surface area contributed by atoms with E-state index in [2.05, 4.69) is 32.6 Å². The number of ether oxygens (including phenoxy) is 7. The van der Waals surface area contributed by atoms with Gasteiger partial charge in [-0.3, -0.25) is 28.8 Å². The summed E-state index contributed by atoms with van der Waals surface area (Å²) in [5.74, 6) is -4.05. The van der Waals surface area contributed by atoms with Crippen molar-refractivity contribution in [3.63, 3.8) is 0 Å². The maximum Gasteiger partial charge on any atom is 0.410 e. The van der Waals surface area contributed by atoms with Crippen LogP contribution in [0.3, 0.4) is 0 Å². The third-order valence-corrected chi connectivity index (χ3v) is 14.1. The smallest absolute Gasteiger partial charge is 0.410 e. The average molecular weight is 1080 g/mol. The van der Waals surface area contributed by atoms with Gasteiger partial charge in [0, 0.05) is 50.0 Å². The van der Waals surface area contributed by atoms with Gasteiger partial charge in [0.1, 0.15) is 12.2 Å². The van der Waals surface area contributed by atoms with E-state index in [0.29, 0.717) is 25.7 Å². The predicted molar refractivity (Wildman–Crippen MR) is 294 cm³/mol. The summed E-state index contributed by atoms with van der Waals surface area (Å²) >= 11 is 0. The third kappa shape index (κ3) is 36.0. The normalized spacial score (nSPS) is 16.8. The number of esters is 6. The van der Waals surface area contributed by atoms with Gasteiger partial charge in [-0.25, -0.2) is 4.79 Å². The summed E-state index contributed by atoms with van der Waals surface area (Å²) in [5, 5.41) is 0. The molecule has 438 valence electrons. The van der Waals surface area contributed by atoms with Crippen molar-refractivity contribution in [1.82, 2.24) is 9.80 Å². The lowest BCUT2D eigenvalue weighted by Gasteiger charge is -2.30. The molecule has 0 saturated carbocycles. The molecular formula is C60H104N2O14. The van der Waals surface area contributed by atoms with E-state index in [0.717, 1.165) is 154 Å². The lowest BCUT2D eigenvalue weighted by Crippen LogP contribution is -2.43. The van der Waals surface area contributed by atoms with Gasteiger partial charge in [0.05, 0.1) is 59.0 Å². The van der Waals surface area contributed by atoms with Crippen LogP contribution in [0, 0.1) is 17.8 Å². The number of carbonyl (C=O) groups is 7. The summed E-state index contributed by atoms with van der Waals surface area (Å²) < 4.78 is 40.2. The second-order valence-electron chi connectivity index (χ2n) is 21.6. The summed E-state index contributed by atoms with van der Waals surface area (Å²) in [6.07, 6.45) is 27.3. The standard InChI is InChI=1S/C60H104N2O14/c1-6-10-14-18-22-26-32-54(63)70-45-50(46-71-55(64)33-27-23-19-15-11-7-2)39-58(67)75-52-36-37-53(43-62(42-52)60(69)74-44-49-31-30-38-61(5)41-49)76-59(68)40-51(47-72-56(65)34-28-24-20-16-12-8-3)48-73-57(66)35-29-25-21-17-13-9-4/h36-37,49-53H,6-35,38-48H2,1-5H3/t49?,52-,53-/m0/s1. The highest BCUT2D eigenvalue weighted by molar-refractivity contribution is 5.73. The zero-order chi connectivity index (χ0) is 55.4. The summed E-state index contributed by atoms with van der Waals surface area (Å²) in [5.41, 5.74) is 0. The third-order valence-electron chi connectivity index (χ3n) is 14.1. The second-order valence-corrected chi connectivity index (χ2v) is 21.6. The number of amides is 1. The molecule has 0 aromatic heterocycles. The van der Waals surface area contributed by atoms with Gasteiger partial charge in [-0.2, -0.15) is 0 Å². The molecular weight excluding hydrogens is 973 g/mol. The zero-order valence-electron chi connectivity index (χ0n) is 48.1. The number of piperidine rings is 1. The first-order valence-corrected chi connectivity index (χ1v) is 30.1. The van der Waals surface area contributed by atoms with Crippen LogP contribution in [-0.4, -0.2) is 130 Å². The summed E-state index contributed by atoms with van der Waals surface area (Å²) in [7, 11) is 2.03. The SMILES string of the molecule is CCCCCCCCC(=O)OCC(COC(=O)CCCCCCCC)CC(=O)O[C@H]1C=C[C@H](OC(=O)CC(COC(=O)CCCCCCCC)COC(=O)CCCCCCCC)CN(C(=O)OCC2CCCN(C)C2)C1. The highest BCUT2D eigenvalue weighted by Gasteiger charge is 2.31. The van der Waals surface area contributed by atoms with E-state index in [1.807, 2.05) is 7.05 Å². The van der Waals surface area contributed by atoms with Gasteiger partial charge in [-0.15, -0.1) is 0 Å². The molecule has 0 bridgehead atoms. The maximum atomic E-state index is 13.8. The van der Waals surface area contributed by atoms with E-state index in [1.165, 1.54) is 4.90 Å². The first kappa shape index (κ1) is 67.9. The molecule has 0 spiro atoms. The van der Waals surface area contributed by atoms with Crippen LogP contribution in [0.15, 0.2) is 12.2 Å². The largest absolute Gasteiger partial charge is 0.465 e. The van der Waals surface area contributed by atoms with Gasteiger partial charge in [0.25, 0.3) is 0 Å². The fraction of sp³-hybridized carbons (Fsp3) is 0.850. The average Bonchev–Trinajstić information content (AvgIpc) is 3.60. The lowest BCUT2D eigenvalue weighted by molar-refractivity contribution is -0.157. The summed E-state index contributed by atoms with van der Waals surface area (Å²) in [6, 6.07) is 0. The number of hydrogen-bond donors (Lipinski definition) is 0. The molecule has 0 aromatic rings. The Hall–Kier alpha value is -4.21. The molecule has 0 N–H and O–H groups in total. The first-order valence-electron chi connectivity index (χ1n) is 30.1. The van der Waals surface area contributed by atoms with Crippen LogP contribution < -0.4 is 0 Å². The summed E-state index contributed by atoms with van der Waals surface area (Å²) in [4.78, 5) is 96.0. The maximum absolute atomic E-state index is 13.8. The van der Waals surface area contributed by atoms with Gasteiger partial charge in [-0.1, -0.05) is 156 Å². The van der Waals surface area contributed by atoms with Crippen LogP contribution in [0.1, 0.15) is 233 Å². The van der Waals surface area contributed by atoms with E-state index in [9.17, 15) is 33.6 Å². The molecule has 0 aromatic carbocycles. The zero-order valence-corrected chi connectivity index (χ0v) is 48.1. The van der Waals surface area contributed by atoms with E-state index in [4.69, 9.17) is 33.2 Å². The topological polar surface area (TPSA) is 191 Å². The van der Waals surface area contributed by atoms with E-state index in [1.54, 1.807) is 12.2 Å². The van der Waals surface area contributed by atoms with Gasteiger partial charge < -0.3 is 43.0 Å². The number of hydrogen-bond acceptors (Lipinski definition) is 15. The molecule has 2 heterocycles. The van der Waals surface area contributed by atoms with Crippen molar-refractivity contribution < 1.29 is 66.7 Å². The molecule has 16 nitrogen and oxygen atoms in total. The Labute approximate surface area is 458 Å². The molecule has 2 aliphatic heterocycles.